The molecule has 0 amide bonds. The van der Waals surface area contributed by atoms with E-state index >= 15 is 0 Å². The first-order valence-corrected chi connectivity index (χ1v) is 2.84. The van der Waals surface area contributed by atoms with E-state index in [9.17, 15) is 9.59 Å². The van der Waals surface area contributed by atoms with Gasteiger partial charge >= 0.3 is 5.97 Å². The third kappa shape index (κ3) is 3.91. The number of aliphatic carboxylic acids is 1. The summed E-state index contributed by atoms with van der Waals surface area (Å²) < 4.78 is 0. The molecule has 0 saturated heterocycles. The molecule has 0 atom stereocenters. The van der Waals surface area contributed by atoms with Crippen molar-refractivity contribution in [2.45, 2.75) is 6.92 Å². The highest BCUT2D eigenvalue weighted by atomic mass is 16.4. The zero-order chi connectivity index (χ0) is 8.85. The van der Waals surface area contributed by atoms with Crippen molar-refractivity contribution in [3.8, 4) is 0 Å². The topological polar surface area (TPSA) is 74.6 Å². The first kappa shape index (κ1) is 9.42. The molecule has 4 heteroatoms. The lowest BCUT2D eigenvalue weighted by Gasteiger charge is -1.87. The molecule has 0 aliphatic heterocycles. The van der Waals surface area contributed by atoms with E-state index < -0.39 is 11.7 Å². The zero-order valence-electron chi connectivity index (χ0n) is 5.94. The van der Waals surface area contributed by atoms with Gasteiger partial charge < -0.3 is 10.2 Å². The minimum absolute atomic E-state index is 0.345. The maximum atomic E-state index is 9.96. The van der Waals surface area contributed by atoms with Gasteiger partial charge in [0.1, 0.15) is 6.29 Å². The van der Waals surface area contributed by atoms with Crippen LogP contribution in [-0.4, -0.2) is 22.5 Å². The van der Waals surface area contributed by atoms with Gasteiger partial charge in [-0.05, 0) is 18.6 Å². The summed E-state index contributed by atoms with van der Waals surface area (Å²) in [6, 6.07) is 0. The van der Waals surface area contributed by atoms with E-state index in [0.717, 1.165) is 6.08 Å². The van der Waals surface area contributed by atoms with Crippen LogP contribution in [0.1, 0.15) is 6.92 Å². The van der Waals surface area contributed by atoms with Crippen molar-refractivity contribution in [1.29, 1.82) is 0 Å². The number of aldehydes is 1. The van der Waals surface area contributed by atoms with Gasteiger partial charge in [0, 0.05) is 0 Å². The number of hydrogen-bond donors (Lipinski definition) is 2. The van der Waals surface area contributed by atoms with Gasteiger partial charge in [-0.15, -0.1) is 0 Å². The second-order valence-corrected chi connectivity index (χ2v) is 1.89. The Bertz CT molecular complexity index is 225. The largest absolute Gasteiger partial charge is 0.502 e. The minimum atomic E-state index is -1.42. The maximum absolute atomic E-state index is 9.96. The van der Waals surface area contributed by atoms with E-state index in [1.807, 2.05) is 0 Å². The van der Waals surface area contributed by atoms with Crippen LogP contribution < -0.4 is 0 Å². The molecule has 4 nitrogen and oxygen atoms in total. The van der Waals surface area contributed by atoms with Gasteiger partial charge in [0.15, 0.2) is 0 Å². The van der Waals surface area contributed by atoms with E-state index in [2.05, 4.69) is 0 Å². The number of hydrogen-bond acceptors (Lipinski definition) is 3. The summed E-state index contributed by atoms with van der Waals surface area (Å²) in [6.45, 7) is 1.50. The predicted octanol–water partition coefficient (Wildman–Crippen LogP) is 0.658. The third-order valence-corrected chi connectivity index (χ3v) is 0.909. The van der Waals surface area contributed by atoms with Crippen molar-refractivity contribution in [3.05, 3.63) is 23.5 Å². The first-order chi connectivity index (χ1) is 5.07. The fraction of sp³-hybridized carbons (Fsp3) is 0.143. The van der Waals surface area contributed by atoms with Gasteiger partial charge in [-0.1, -0.05) is 6.08 Å². The van der Waals surface area contributed by atoms with Crippen molar-refractivity contribution in [3.63, 3.8) is 0 Å². The lowest BCUT2D eigenvalue weighted by atomic mass is 10.3. The Morgan fingerprint density at radius 2 is 1.82 bits per heavy atom. The second kappa shape index (κ2) is 4.27. The molecule has 0 aromatic rings. The fourth-order valence-electron chi connectivity index (χ4n) is 0.321. The van der Waals surface area contributed by atoms with Crippen molar-refractivity contribution in [2.24, 2.45) is 0 Å². The molecule has 60 valence electrons. The van der Waals surface area contributed by atoms with Gasteiger partial charge in [0.2, 0.25) is 5.76 Å². The Balaban J connectivity index is 4.34. The number of rotatable bonds is 3. The van der Waals surface area contributed by atoms with E-state index in [0.29, 0.717) is 11.9 Å². The number of carbonyl (C=O) groups is 2. The quantitative estimate of drug-likeness (QED) is 0.272. The molecule has 0 bridgehead atoms. The molecule has 11 heavy (non-hydrogen) atoms. The molecule has 0 aliphatic carbocycles. The van der Waals surface area contributed by atoms with E-state index in [1.165, 1.54) is 13.0 Å². The van der Waals surface area contributed by atoms with Crippen LogP contribution in [0, 0.1) is 0 Å². The van der Waals surface area contributed by atoms with E-state index in [4.69, 9.17) is 10.2 Å². The summed E-state index contributed by atoms with van der Waals surface area (Å²) in [7, 11) is 0. The molecule has 0 radical (unpaired) electrons. The number of carboxylic acids is 1. The lowest BCUT2D eigenvalue weighted by molar-refractivity contribution is -0.135. The molecule has 0 aliphatic rings. The highest BCUT2D eigenvalue weighted by Gasteiger charge is 1.99. The Kier molecular flexibility index (Phi) is 3.66. The van der Waals surface area contributed by atoms with Crippen molar-refractivity contribution in [1.82, 2.24) is 0 Å². The van der Waals surface area contributed by atoms with Crippen molar-refractivity contribution < 1.29 is 19.8 Å². The van der Waals surface area contributed by atoms with Crippen LogP contribution in [0.5, 0.6) is 0 Å². The Hall–Kier alpha value is -1.58. The van der Waals surface area contributed by atoms with Gasteiger partial charge in [-0.3, -0.25) is 4.79 Å². The van der Waals surface area contributed by atoms with Crippen molar-refractivity contribution in [2.75, 3.05) is 0 Å². The SMILES string of the molecule is C/C(C=O)=C/C=C(/O)C(=O)O. The molecule has 0 rings (SSSR count). The van der Waals surface area contributed by atoms with Crippen LogP contribution in [0.15, 0.2) is 23.5 Å². The summed E-state index contributed by atoms with van der Waals surface area (Å²) in [4.78, 5) is 19.9. The number of aliphatic hydroxyl groups excluding tert-OH is 1. The molecular weight excluding hydrogens is 148 g/mol. The number of carboxylic acid groups (broad SMARTS) is 1. The number of aliphatic hydroxyl groups is 1. The van der Waals surface area contributed by atoms with Crippen LogP contribution in [0.4, 0.5) is 0 Å². The molecule has 0 fully saturated rings. The highest BCUT2D eigenvalue weighted by Crippen LogP contribution is 1.92. The molecule has 0 unspecified atom stereocenters. The van der Waals surface area contributed by atoms with Crippen LogP contribution in [0.3, 0.4) is 0 Å². The van der Waals surface area contributed by atoms with E-state index in [1.54, 1.807) is 0 Å². The first-order valence-electron chi connectivity index (χ1n) is 2.84. The molecule has 0 saturated carbocycles. The van der Waals surface area contributed by atoms with Crippen LogP contribution in [-0.2, 0) is 9.59 Å². The third-order valence-electron chi connectivity index (χ3n) is 0.909. The molecular formula is C7H8O4. The fourth-order valence-corrected chi connectivity index (χ4v) is 0.321. The smallest absolute Gasteiger partial charge is 0.370 e. The second-order valence-electron chi connectivity index (χ2n) is 1.89. The molecule has 0 spiro atoms. The molecule has 0 heterocycles. The van der Waals surface area contributed by atoms with Crippen molar-refractivity contribution >= 4 is 12.3 Å². The Morgan fingerprint density at radius 1 is 1.27 bits per heavy atom. The van der Waals surface area contributed by atoms with E-state index in [-0.39, 0.29) is 0 Å². The number of allylic oxidation sites excluding steroid dienone is 3. The summed E-state index contributed by atoms with van der Waals surface area (Å²) in [5.74, 6) is -2.20. The standard InChI is InChI=1S/C7H8O4/c1-5(4-8)2-3-6(9)7(10)11/h2-4,9H,1H3,(H,10,11)/b5-2-,6-3+. The molecule has 0 aromatic heterocycles. The van der Waals surface area contributed by atoms with Crippen LogP contribution in [0.2, 0.25) is 0 Å². The molecule has 2 N–H and O–H groups in total. The maximum Gasteiger partial charge on any atom is 0.370 e. The Labute approximate surface area is 63.5 Å². The Morgan fingerprint density at radius 3 is 2.18 bits per heavy atom. The summed E-state index contributed by atoms with van der Waals surface area (Å²) in [5, 5.41) is 16.7. The van der Waals surface area contributed by atoms with Gasteiger partial charge in [0.05, 0.1) is 0 Å². The van der Waals surface area contributed by atoms with Gasteiger partial charge in [-0.25, -0.2) is 4.79 Å². The average molecular weight is 156 g/mol. The molecule has 0 aromatic carbocycles. The summed E-state index contributed by atoms with van der Waals surface area (Å²) in [5.41, 5.74) is 0.345. The predicted molar refractivity (Wildman–Crippen MR) is 38.2 cm³/mol. The van der Waals surface area contributed by atoms with Crippen LogP contribution in [0.25, 0.3) is 0 Å². The minimum Gasteiger partial charge on any atom is -0.502 e. The summed E-state index contributed by atoms with van der Waals surface area (Å²) >= 11 is 0. The highest BCUT2D eigenvalue weighted by molar-refractivity contribution is 5.84. The lowest BCUT2D eigenvalue weighted by Crippen LogP contribution is -1.97. The normalized spacial score (nSPS) is 12.8. The van der Waals surface area contributed by atoms with Gasteiger partial charge in [-0.2, -0.15) is 0 Å². The number of carbonyl (C=O) groups excluding carboxylic acids is 1. The summed E-state index contributed by atoms with van der Waals surface area (Å²) in [6.07, 6.45) is 2.73. The monoisotopic (exact) mass is 156 g/mol. The average Bonchev–Trinajstić information content (AvgIpc) is 1.99. The van der Waals surface area contributed by atoms with Gasteiger partial charge in [0.25, 0.3) is 0 Å². The zero-order valence-corrected chi connectivity index (χ0v) is 5.94. The van der Waals surface area contributed by atoms with Crippen LogP contribution >= 0.6 is 0 Å².